The summed E-state index contributed by atoms with van der Waals surface area (Å²) in [5, 5.41) is 3.48. The summed E-state index contributed by atoms with van der Waals surface area (Å²) < 4.78 is 5.28. The van der Waals surface area contributed by atoms with Crippen LogP contribution >= 0.6 is 0 Å². The molecule has 0 spiro atoms. The number of anilines is 1. The van der Waals surface area contributed by atoms with Gasteiger partial charge in [0, 0.05) is 30.8 Å². The molecule has 0 bridgehead atoms. The van der Waals surface area contributed by atoms with Crippen molar-refractivity contribution in [3.63, 3.8) is 0 Å². The van der Waals surface area contributed by atoms with E-state index in [1.165, 1.54) is 43.7 Å². The van der Waals surface area contributed by atoms with E-state index in [2.05, 4.69) is 28.4 Å². The van der Waals surface area contributed by atoms with Crippen molar-refractivity contribution in [2.75, 3.05) is 38.6 Å². The third-order valence-corrected chi connectivity index (χ3v) is 3.94. The van der Waals surface area contributed by atoms with E-state index in [1.54, 1.807) is 7.11 Å². The van der Waals surface area contributed by atoms with E-state index in [4.69, 9.17) is 4.74 Å². The summed E-state index contributed by atoms with van der Waals surface area (Å²) in [7, 11) is 1.72. The van der Waals surface area contributed by atoms with Crippen molar-refractivity contribution < 1.29 is 4.74 Å². The number of rotatable bonds is 3. The van der Waals surface area contributed by atoms with Gasteiger partial charge < -0.3 is 15.0 Å². The molecule has 3 nitrogen and oxygen atoms in total. The number of likely N-dealkylation sites (tertiary alicyclic amines) is 1. The van der Waals surface area contributed by atoms with Gasteiger partial charge in [0.05, 0.1) is 7.11 Å². The maximum absolute atomic E-state index is 5.28. The zero-order valence-corrected chi connectivity index (χ0v) is 10.4. The first-order chi connectivity index (χ1) is 8.36. The van der Waals surface area contributed by atoms with E-state index < -0.39 is 0 Å². The average molecular weight is 232 g/mol. The maximum Gasteiger partial charge on any atom is 0.120 e. The van der Waals surface area contributed by atoms with Crippen LogP contribution in [-0.4, -0.2) is 38.2 Å². The number of methoxy groups -OCH3 is 1. The van der Waals surface area contributed by atoms with E-state index in [9.17, 15) is 0 Å². The van der Waals surface area contributed by atoms with Crippen LogP contribution in [0.15, 0.2) is 18.2 Å². The van der Waals surface area contributed by atoms with Gasteiger partial charge in [-0.25, -0.2) is 0 Å². The number of nitrogens with zero attached hydrogens (tertiary/aromatic N) is 1. The summed E-state index contributed by atoms with van der Waals surface area (Å²) in [6, 6.07) is 6.43. The SMILES string of the molecule is COc1ccc2c(c1)NCCC2CN1CCC1. The summed E-state index contributed by atoms with van der Waals surface area (Å²) in [5.74, 6) is 1.64. The summed E-state index contributed by atoms with van der Waals surface area (Å²) in [6.07, 6.45) is 2.62. The van der Waals surface area contributed by atoms with Crippen LogP contribution in [0, 0.1) is 0 Å². The predicted octanol–water partition coefficient (Wildman–Crippen LogP) is 2.30. The molecule has 0 aromatic heterocycles. The molecule has 1 aromatic carbocycles. The third-order valence-electron chi connectivity index (χ3n) is 3.94. The number of hydrogen-bond acceptors (Lipinski definition) is 3. The standard InChI is InChI=1S/C14H20N2O/c1-17-12-3-4-13-11(10-16-7-2-8-16)5-6-15-14(13)9-12/h3-4,9,11,15H,2,5-8,10H2,1H3. The number of nitrogens with one attached hydrogen (secondary N) is 1. The van der Waals surface area contributed by atoms with Crippen molar-refractivity contribution in [1.82, 2.24) is 4.90 Å². The lowest BCUT2D eigenvalue weighted by Gasteiger charge is -2.36. The van der Waals surface area contributed by atoms with Crippen molar-refractivity contribution in [3.05, 3.63) is 23.8 Å². The summed E-state index contributed by atoms with van der Waals surface area (Å²) in [5.41, 5.74) is 2.73. The highest BCUT2D eigenvalue weighted by atomic mass is 16.5. The van der Waals surface area contributed by atoms with E-state index in [0.29, 0.717) is 5.92 Å². The highest BCUT2D eigenvalue weighted by Crippen LogP contribution is 2.35. The van der Waals surface area contributed by atoms with Crippen LogP contribution in [0.4, 0.5) is 5.69 Å². The minimum atomic E-state index is 0.692. The summed E-state index contributed by atoms with van der Waals surface area (Å²) >= 11 is 0. The van der Waals surface area contributed by atoms with Gasteiger partial charge in [0.15, 0.2) is 0 Å². The van der Waals surface area contributed by atoms with E-state index in [0.717, 1.165) is 12.3 Å². The minimum Gasteiger partial charge on any atom is -0.497 e. The Morgan fingerprint density at radius 1 is 1.41 bits per heavy atom. The predicted molar refractivity (Wildman–Crippen MR) is 69.9 cm³/mol. The number of fused-ring (bicyclic) bond motifs is 1. The van der Waals surface area contributed by atoms with Gasteiger partial charge in [-0.05, 0) is 37.6 Å². The van der Waals surface area contributed by atoms with Crippen molar-refractivity contribution in [2.45, 2.75) is 18.8 Å². The van der Waals surface area contributed by atoms with Crippen LogP contribution in [0.3, 0.4) is 0 Å². The molecule has 3 rings (SSSR count). The van der Waals surface area contributed by atoms with Crippen LogP contribution in [0.1, 0.15) is 24.3 Å². The van der Waals surface area contributed by atoms with Crippen LogP contribution < -0.4 is 10.1 Å². The molecule has 17 heavy (non-hydrogen) atoms. The molecular weight excluding hydrogens is 212 g/mol. The van der Waals surface area contributed by atoms with Crippen LogP contribution in [0.2, 0.25) is 0 Å². The van der Waals surface area contributed by atoms with Gasteiger partial charge in [-0.15, -0.1) is 0 Å². The lowest BCUT2D eigenvalue weighted by molar-refractivity contribution is 0.167. The highest BCUT2D eigenvalue weighted by Gasteiger charge is 2.24. The molecule has 92 valence electrons. The Morgan fingerprint density at radius 3 is 3.00 bits per heavy atom. The largest absolute Gasteiger partial charge is 0.497 e. The van der Waals surface area contributed by atoms with Crippen molar-refractivity contribution in [3.8, 4) is 5.75 Å². The normalized spacial score (nSPS) is 23.5. The fourth-order valence-corrected chi connectivity index (χ4v) is 2.77. The average Bonchev–Trinajstić information content (AvgIpc) is 2.33. The molecule has 1 N–H and O–H groups in total. The van der Waals surface area contributed by atoms with Crippen molar-refractivity contribution >= 4 is 5.69 Å². The third kappa shape index (κ3) is 2.12. The van der Waals surface area contributed by atoms with Crippen molar-refractivity contribution in [1.29, 1.82) is 0 Å². The molecule has 0 amide bonds. The lowest BCUT2D eigenvalue weighted by Crippen LogP contribution is -2.40. The molecule has 1 unspecified atom stereocenters. The van der Waals surface area contributed by atoms with Gasteiger partial charge in [0.25, 0.3) is 0 Å². The second-order valence-electron chi connectivity index (χ2n) is 5.02. The molecule has 1 saturated heterocycles. The molecule has 1 fully saturated rings. The number of benzene rings is 1. The topological polar surface area (TPSA) is 24.5 Å². The first-order valence-electron chi connectivity index (χ1n) is 6.51. The first kappa shape index (κ1) is 10.9. The number of ether oxygens (including phenoxy) is 1. The first-order valence-corrected chi connectivity index (χ1v) is 6.51. The Morgan fingerprint density at radius 2 is 2.29 bits per heavy atom. The maximum atomic E-state index is 5.28. The molecular formula is C14H20N2O. The molecule has 0 radical (unpaired) electrons. The highest BCUT2D eigenvalue weighted by molar-refractivity contribution is 5.58. The van der Waals surface area contributed by atoms with Gasteiger partial charge in [-0.1, -0.05) is 6.07 Å². The molecule has 2 heterocycles. The molecule has 3 heteroatoms. The molecule has 1 atom stereocenters. The zero-order valence-electron chi connectivity index (χ0n) is 10.4. The minimum absolute atomic E-state index is 0.692. The van der Waals surface area contributed by atoms with Crippen LogP contribution in [0.5, 0.6) is 5.75 Å². The smallest absolute Gasteiger partial charge is 0.120 e. The molecule has 1 aromatic rings. The second kappa shape index (κ2) is 4.57. The van der Waals surface area contributed by atoms with Gasteiger partial charge in [-0.2, -0.15) is 0 Å². The van der Waals surface area contributed by atoms with Crippen molar-refractivity contribution in [2.24, 2.45) is 0 Å². The zero-order chi connectivity index (χ0) is 11.7. The monoisotopic (exact) mass is 232 g/mol. The Balaban J connectivity index is 1.80. The van der Waals surface area contributed by atoms with E-state index in [-0.39, 0.29) is 0 Å². The summed E-state index contributed by atoms with van der Waals surface area (Å²) in [4.78, 5) is 2.56. The molecule has 0 aliphatic carbocycles. The Hall–Kier alpha value is -1.22. The van der Waals surface area contributed by atoms with E-state index >= 15 is 0 Å². The Labute approximate surface area is 103 Å². The fraction of sp³-hybridized carbons (Fsp3) is 0.571. The Bertz CT molecular complexity index is 401. The molecule has 2 aliphatic rings. The fourth-order valence-electron chi connectivity index (χ4n) is 2.77. The van der Waals surface area contributed by atoms with Gasteiger partial charge in [0.2, 0.25) is 0 Å². The number of hydrogen-bond donors (Lipinski definition) is 1. The summed E-state index contributed by atoms with van der Waals surface area (Å²) in [6.45, 7) is 4.88. The van der Waals surface area contributed by atoms with Gasteiger partial charge >= 0.3 is 0 Å². The Kier molecular flexibility index (Phi) is 2.93. The second-order valence-corrected chi connectivity index (χ2v) is 5.02. The molecule has 0 saturated carbocycles. The van der Waals surface area contributed by atoms with Gasteiger partial charge in [0.1, 0.15) is 5.75 Å². The quantitative estimate of drug-likeness (QED) is 0.865. The lowest BCUT2D eigenvalue weighted by atomic mass is 9.89. The van der Waals surface area contributed by atoms with Crippen LogP contribution in [0.25, 0.3) is 0 Å². The van der Waals surface area contributed by atoms with Crippen LogP contribution in [-0.2, 0) is 0 Å². The van der Waals surface area contributed by atoms with Gasteiger partial charge in [-0.3, -0.25) is 0 Å². The molecule has 2 aliphatic heterocycles. The van der Waals surface area contributed by atoms with E-state index in [1.807, 2.05) is 0 Å².